The van der Waals surface area contributed by atoms with Gasteiger partial charge >= 0.3 is 0 Å². The largest absolute Gasteiger partial charge is 0.378 e. The molecule has 0 spiro atoms. The van der Waals surface area contributed by atoms with Crippen molar-refractivity contribution in [1.82, 2.24) is 10.2 Å². The van der Waals surface area contributed by atoms with Gasteiger partial charge in [0.1, 0.15) is 0 Å². The minimum atomic E-state index is -0.169. The van der Waals surface area contributed by atoms with Crippen LogP contribution in [0.2, 0.25) is 0 Å². The molecule has 6 heteroatoms. The summed E-state index contributed by atoms with van der Waals surface area (Å²) in [6, 6.07) is 15.5. The summed E-state index contributed by atoms with van der Waals surface area (Å²) in [6.45, 7) is 5.54. The van der Waals surface area contributed by atoms with Gasteiger partial charge in [-0.3, -0.25) is 14.5 Å². The van der Waals surface area contributed by atoms with Gasteiger partial charge in [-0.2, -0.15) is 0 Å². The number of nitrogens with one attached hydrogen (secondary N) is 1. The fraction of sp³-hybridized carbons (Fsp3) is 0.391. The highest BCUT2D eigenvalue weighted by Gasteiger charge is 2.34. The van der Waals surface area contributed by atoms with Gasteiger partial charge in [-0.15, -0.1) is 0 Å². The molecule has 0 unspecified atom stereocenters. The maximum atomic E-state index is 12.4. The molecule has 0 aromatic heterocycles. The lowest BCUT2D eigenvalue weighted by Crippen LogP contribution is -2.37. The molecule has 2 heterocycles. The number of amides is 2. The van der Waals surface area contributed by atoms with Crippen molar-refractivity contribution in [3.8, 4) is 0 Å². The van der Waals surface area contributed by atoms with Crippen LogP contribution in [-0.2, 0) is 11.3 Å². The number of unbranched alkanes of at least 4 members (excludes halogenated alkanes) is 1. The average Bonchev–Trinajstić information content (AvgIpc) is 3.02. The molecule has 0 radical (unpaired) electrons. The zero-order valence-corrected chi connectivity index (χ0v) is 16.6. The monoisotopic (exact) mass is 393 g/mol. The Kier molecular flexibility index (Phi) is 6.22. The first-order valence-electron chi connectivity index (χ1n) is 10.3. The summed E-state index contributed by atoms with van der Waals surface area (Å²) >= 11 is 0. The maximum absolute atomic E-state index is 12.4. The molecule has 0 saturated carbocycles. The molecule has 0 bridgehead atoms. The standard InChI is InChI=1S/C23H27N3O3/c27-22-19-8-2-3-9-20(19)23(28)26(22)12-6-5-11-24-17-18-7-1-4-10-21(18)25-13-15-29-16-14-25/h1-4,7-10,24H,5-6,11-17H2. The number of hydrogen-bond donors (Lipinski definition) is 1. The number of nitrogens with zero attached hydrogens (tertiary/aromatic N) is 2. The molecule has 2 aliphatic rings. The van der Waals surface area contributed by atoms with E-state index in [1.54, 1.807) is 24.3 Å². The van der Waals surface area contributed by atoms with Crippen LogP contribution >= 0.6 is 0 Å². The molecule has 1 saturated heterocycles. The summed E-state index contributed by atoms with van der Waals surface area (Å²) in [7, 11) is 0. The van der Waals surface area contributed by atoms with Crippen molar-refractivity contribution in [2.45, 2.75) is 19.4 Å². The van der Waals surface area contributed by atoms with E-state index < -0.39 is 0 Å². The number of fused-ring (bicyclic) bond motifs is 1. The van der Waals surface area contributed by atoms with E-state index in [9.17, 15) is 9.59 Å². The van der Waals surface area contributed by atoms with Gasteiger partial charge in [0.05, 0.1) is 24.3 Å². The number of carbonyl (C=O) groups excluding carboxylic acids is 2. The van der Waals surface area contributed by atoms with E-state index in [0.717, 1.165) is 52.2 Å². The van der Waals surface area contributed by atoms with Crippen LogP contribution in [0.1, 0.15) is 39.1 Å². The quantitative estimate of drug-likeness (QED) is 0.552. The van der Waals surface area contributed by atoms with E-state index >= 15 is 0 Å². The topological polar surface area (TPSA) is 61.9 Å². The van der Waals surface area contributed by atoms with Crippen molar-refractivity contribution in [3.63, 3.8) is 0 Å². The van der Waals surface area contributed by atoms with Crippen molar-refractivity contribution in [2.75, 3.05) is 44.3 Å². The Morgan fingerprint density at radius 1 is 0.862 bits per heavy atom. The zero-order valence-electron chi connectivity index (χ0n) is 16.6. The highest BCUT2D eigenvalue weighted by molar-refractivity contribution is 6.21. The Balaban J connectivity index is 1.22. The number of imide groups is 1. The molecule has 2 amide bonds. The normalized spacial score (nSPS) is 16.4. The molecule has 29 heavy (non-hydrogen) atoms. The molecule has 1 N–H and O–H groups in total. The van der Waals surface area contributed by atoms with Crippen molar-refractivity contribution >= 4 is 17.5 Å². The van der Waals surface area contributed by atoms with Gasteiger partial charge in [0.15, 0.2) is 0 Å². The van der Waals surface area contributed by atoms with Crippen LogP contribution in [0.5, 0.6) is 0 Å². The van der Waals surface area contributed by atoms with E-state index in [-0.39, 0.29) is 11.8 Å². The fourth-order valence-electron chi connectivity index (χ4n) is 3.96. The third-order valence-corrected chi connectivity index (χ3v) is 5.52. The molecule has 2 aromatic rings. The van der Waals surface area contributed by atoms with Crippen molar-refractivity contribution in [2.24, 2.45) is 0 Å². The van der Waals surface area contributed by atoms with Gasteiger partial charge < -0.3 is 15.0 Å². The lowest BCUT2D eigenvalue weighted by atomic mass is 10.1. The predicted molar refractivity (Wildman–Crippen MR) is 112 cm³/mol. The minimum absolute atomic E-state index is 0.169. The van der Waals surface area contributed by atoms with Gasteiger partial charge in [-0.25, -0.2) is 0 Å². The van der Waals surface area contributed by atoms with Gasteiger partial charge in [-0.1, -0.05) is 30.3 Å². The predicted octanol–water partition coefficient (Wildman–Crippen LogP) is 2.69. The lowest BCUT2D eigenvalue weighted by molar-refractivity contribution is 0.0651. The average molecular weight is 393 g/mol. The van der Waals surface area contributed by atoms with Gasteiger partial charge in [0.2, 0.25) is 0 Å². The number of benzene rings is 2. The lowest BCUT2D eigenvalue weighted by Gasteiger charge is -2.30. The smallest absolute Gasteiger partial charge is 0.261 e. The van der Waals surface area contributed by atoms with E-state index in [2.05, 4.69) is 34.5 Å². The first-order chi connectivity index (χ1) is 14.3. The van der Waals surface area contributed by atoms with E-state index in [1.807, 2.05) is 0 Å². The first kappa shape index (κ1) is 19.6. The van der Waals surface area contributed by atoms with Crippen LogP contribution < -0.4 is 10.2 Å². The second-order valence-corrected chi connectivity index (χ2v) is 7.42. The summed E-state index contributed by atoms with van der Waals surface area (Å²) in [5.41, 5.74) is 3.61. The Labute approximate surface area is 171 Å². The number of hydrogen-bond acceptors (Lipinski definition) is 5. The molecule has 0 atom stereocenters. The molecule has 2 aliphatic heterocycles. The molecule has 0 aliphatic carbocycles. The number of anilines is 1. The van der Waals surface area contributed by atoms with E-state index in [4.69, 9.17) is 4.74 Å². The highest BCUT2D eigenvalue weighted by atomic mass is 16.5. The number of para-hydroxylation sites is 1. The maximum Gasteiger partial charge on any atom is 0.261 e. The first-order valence-corrected chi connectivity index (χ1v) is 10.3. The fourth-order valence-corrected chi connectivity index (χ4v) is 3.96. The second kappa shape index (κ2) is 9.20. The van der Waals surface area contributed by atoms with Crippen LogP contribution in [0.15, 0.2) is 48.5 Å². The van der Waals surface area contributed by atoms with E-state index in [0.29, 0.717) is 17.7 Å². The van der Waals surface area contributed by atoms with Crippen LogP contribution in [0, 0.1) is 0 Å². The van der Waals surface area contributed by atoms with Crippen LogP contribution in [-0.4, -0.2) is 56.1 Å². The Morgan fingerprint density at radius 2 is 1.52 bits per heavy atom. The number of carbonyl (C=O) groups is 2. The SMILES string of the molecule is O=C1c2ccccc2C(=O)N1CCCCNCc1ccccc1N1CCOCC1. The van der Waals surface area contributed by atoms with Crippen molar-refractivity contribution in [3.05, 3.63) is 65.2 Å². The van der Waals surface area contributed by atoms with Gasteiger partial charge in [0.25, 0.3) is 11.8 Å². The summed E-state index contributed by atoms with van der Waals surface area (Å²) in [4.78, 5) is 28.5. The Hall–Kier alpha value is -2.70. The molecule has 152 valence electrons. The molecule has 6 nitrogen and oxygen atoms in total. The zero-order chi connectivity index (χ0) is 20.1. The van der Waals surface area contributed by atoms with E-state index in [1.165, 1.54) is 16.2 Å². The summed E-state index contributed by atoms with van der Waals surface area (Å²) in [5, 5.41) is 3.50. The van der Waals surface area contributed by atoms with Gasteiger partial charge in [0, 0.05) is 31.9 Å². The second-order valence-electron chi connectivity index (χ2n) is 7.42. The van der Waals surface area contributed by atoms with Crippen LogP contribution in [0.25, 0.3) is 0 Å². The molecular weight excluding hydrogens is 366 g/mol. The van der Waals surface area contributed by atoms with Crippen LogP contribution in [0.3, 0.4) is 0 Å². The third-order valence-electron chi connectivity index (χ3n) is 5.52. The molecule has 2 aromatic carbocycles. The molecule has 4 rings (SSSR count). The highest BCUT2D eigenvalue weighted by Crippen LogP contribution is 2.23. The molecule has 1 fully saturated rings. The van der Waals surface area contributed by atoms with Crippen molar-refractivity contribution in [1.29, 1.82) is 0 Å². The minimum Gasteiger partial charge on any atom is -0.378 e. The molecular formula is C23H27N3O3. The van der Waals surface area contributed by atoms with Crippen molar-refractivity contribution < 1.29 is 14.3 Å². The summed E-state index contributed by atoms with van der Waals surface area (Å²) in [5.74, 6) is -0.337. The summed E-state index contributed by atoms with van der Waals surface area (Å²) in [6.07, 6.45) is 1.71. The third kappa shape index (κ3) is 4.33. The Bertz CT molecular complexity index is 842. The summed E-state index contributed by atoms with van der Waals surface area (Å²) < 4.78 is 5.46. The van der Waals surface area contributed by atoms with Crippen LogP contribution in [0.4, 0.5) is 5.69 Å². The number of rotatable bonds is 8. The number of morpholine rings is 1. The number of ether oxygens (including phenoxy) is 1. The Morgan fingerprint density at radius 3 is 2.24 bits per heavy atom. The van der Waals surface area contributed by atoms with Gasteiger partial charge in [-0.05, 0) is 43.1 Å².